The van der Waals surface area contributed by atoms with Gasteiger partial charge in [0.2, 0.25) is 0 Å². The summed E-state index contributed by atoms with van der Waals surface area (Å²) in [7, 11) is 2.23. The van der Waals surface area contributed by atoms with Crippen molar-refractivity contribution >= 4 is 16.6 Å². The molecule has 6 heteroatoms. The molecule has 2 aliphatic heterocycles. The fraction of sp³-hybridized carbons (Fsp3) is 1.00. The third kappa shape index (κ3) is 2.64. The molecule has 2 saturated heterocycles. The fourth-order valence-electron chi connectivity index (χ4n) is 1.63. The van der Waals surface area contributed by atoms with Crippen molar-refractivity contribution in [2.24, 2.45) is 0 Å². The van der Waals surface area contributed by atoms with Crippen molar-refractivity contribution in [1.82, 2.24) is 5.32 Å². The van der Waals surface area contributed by atoms with Gasteiger partial charge in [0.25, 0.3) is 0 Å². The molecule has 13 heavy (non-hydrogen) atoms. The Morgan fingerprint density at radius 1 is 1.46 bits per heavy atom. The summed E-state index contributed by atoms with van der Waals surface area (Å²) in [5.41, 5.74) is 0. The zero-order chi connectivity index (χ0) is 9.10. The van der Waals surface area contributed by atoms with Crippen molar-refractivity contribution in [3.63, 3.8) is 0 Å². The van der Waals surface area contributed by atoms with E-state index in [1.807, 2.05) is 0 Å². The number of rotatable bonds is 3. The van der Waals surface area contributed by atoms with Crippen molar-refractivity contribution in [2.75, 3.05) is 19.8 Å². The van der Waals surface area contributed by atoms with Crippen LogP contribution in [0.5, 0.6) is 0 Å². The summed E-state index contributed by atoms with van der Waals surface area (Å²) < 4.78 is 15.9. The quantitative estimate of drug-likeness (QED) is 0.517. The van der Waals surface area contributed by atoms with Gasteiger partial charge in [-0.2, -0.15) is 0 Å². The van der Waals surface area contributed by atoms with Gasteiger partial charge in [-0.1, -0.05) is 0 Å². The molecular weight excluding hydrogens is 188 g/mol. The predicted octanol–water partition coefficient (Wildman–Crippen LogP) is -0.0121. The van der Waals surface area contributed by atoms with E-state index in [1.165, 1.54) is 12.8 Å². The van der Waals surface area contributed by atoms with Gasteiger partial charge < -0.3 is 19.3 Å². The van der Waals surface area contributed by atoms with Gasteiger partial charge >= 0.3 is 7.32 Å². The summed E-state index contributed by atoms with van der Waals surface area (Å²) in [6.07, 6.45) is 2.40. The summed E-state index contributed by atoms with van der Waals surface area (Å²) in [4.78, 5) is 0. The normalized spacial score (nSPS) is 31.2. The predicted molar refractivity (Wildman–Crippen MR) is 53.3 cm³/mol. The van der Waals surface area contributed by atoms with Gasteiger partial charge in [-0.25, -0.2) is 0 Å². The van der Waals surface area contributed by atoms with E-state index in [2.05, 4.69) is 14.6 Å². The molecule has 74 valence electrons. The molecule has 2 heterocycles. The summed E-state index contributed by atoms with van der Waals surface area (Å²) in [6.45, 7) is 2.37. The topological polar surface area (TPSA) is 39.7 Å². The van der Waals surface area contributed by atoms with E-state index >= 15 is 0 Å². The minimum atomic E-state index is -0.454. The smallest absolute Gasteiger partial charge is 0.384 e. The highest BCUT2D eigenvalue weighted by Gasteiger charge is 2.32. The second kappa shape index (κ2) is 4.71. The van der Waals surface area contributed by atoms with Crippen LogP contribution in [0.1, 0.15) is 12.8 Å². The number of hydrogen-bond acceptors (Lipinski definition) is 4. The number of nitrogens with one attached hydrogen (secondary N) is 1. The summed E-state index contributed by atoms with van der Waals surface area (Å²) in [5, 5.41) is 3.37. The van der Waals surface area contributed by atoms with Crippen LogP contribution in [0, 0.1) is 0 Å². The molecule has 4 nitrogen and oxygen atoms in total. The molecule has 0 aromatic carbocycles. The van der Waals surface area contributed by atoms with E-state index in [0.717, 1.165) is 6.54 Å². The first-order valence-corrected chi connectivity index (χ1v) is 5.40. The lowest BCUT2D eigenvalue weighted by atomic mass is 10.2. The first-order chi connectivity index (χ1) is 6.36. The molecule has 0 aromatic rings. The Morgan fingerprint density at radius 3 is 2.85 bits per heavy atom. The van der Waals surface area contributed by atoms with E-state index < -0.39 is 7.32 Å². The van der Waals surface area contributed by atoms with Gasteiger partial charge in [0, 0.05) is 6.04 Å². The van der Waals surface area contributed by atoms with Gasteiger partial charge in [-0.05, 0) is 19.4 Å². The van der Waals surface area contributed by atoms with E-state index in [9.17, 15) is 0 Å². The van der Waals surface area contributed by atoms with Crippen LogP contribution in [-0.4, -0.2) is 39.0 Å². The van der Waals surface area contributed by atoms with Crippen molar-refractivity contribution in [2.45, 2.75) is 24.7 Å². The molecule has 2 fully saturated rings. The third-order valence-electron chi connectivity index (χ3n) is 2.35. The Bertz CT molecular complexity index is 162. The first-order valence-electron chi connectivity index (χ1n) is 4.74. The Kier molecular flexibility index (Phi) is 3.58. The van der Waals surface area contributed by atoms with Gasteiger partial charge in [0.1, 0.15) is 0 Å². The SMILES string of the molecule is PC(OB1OCCO1)C1CCCN1. The van der Waals surface area contributed by atoms with Crippen LogP contribution in [0.15, 0.2) is 0 Å². The summed E-state index contributed by atoms with van der Waals surface area (Å²) in [6, 6.07) is 0.429. The molecule has 3 atom stereocenters. The Labute approximate surface area is 81.1 Å². The molecule has 0 saturated carbocycles. The molecular formula is C7H15BNO3P. The molecule has 0 aromatic heterocycles. The van der Waals surface area contributed by atoms with E-state index in [0.29, 0.717) is 19.3 Å². The number of hydrogen-bond donors (Lipinski definition) is 1. The molecule has 0 radical (unpaired) electrons. The standard InChI is InChI=1S/C7H15BNO3P/c13-7(6-2-1-3-9-6)12-8-10-4-5-11-8/h6-7,9H,1-5,13H2. The van der Waals surface area contributed by atoms with Crippen molar-refractivity contribution < 1.29 is 14.0 Å². The minimum absolute atomic E-state index is 0.0885. The maximum absolute atomic E-state index is 5.55. The molecule has 2 aliphatic rings. The van der Waals surface area contributed by atoms with E-state index in [1.54, 1.807) is 0 Å². The van der Waals surface area contributed by atoms with Gasteiger partial charge in [0.05, 0.1) is 19.1 Å². The maximum atomic E-state index is 5.55. The molecule has 0 spiro atoms. The van der Waals surface area contributed by atoms with Crippen LogP contribution >= 0.6 is 9.24 Å². The lowest BCUT2D eigenvalue weighted by Gasteiger charge is -2.20. The molecule has 2 rings (SSSR count). The third-order valence-corrected chi connectivity index (χ3v) is 2.98. The van der Waals surface area contributed by atoms with Crippen LogP contribution < -0.4 is 5.32 Å². The Balaban J connectivity index is 1.73. The van der Waals surface area contributed by atoms with Crippen molar-refractivity contribution in [3.05, 3.63) is 0 Å². The average Bonchev–Trinajstić information content (AvgIpc) is 2.74. The highest BCUT2D eigenvalue weighted by molar-refractivity contribution is 7.17. The monoisotopic (exact) mass is 203 g/mol. The van der Waals surface area contributed by atoms with E-state index in [-0.39, 0.29) is 5.85 Å². The Morgan fingerprint density at radius 2 is 2.23 bits per heavy atom. The fourth-order valence-corrected chi connectivity index (χ4v) is 2.09. The van der Waals surface area contributed by atoms with Crippen LogP contribution in [-0.2, 0) is 14.0 Å². The first kappa shape index (κ1) is 9.87. The summed E-state index contributed by atoms with van der Waals surface area (Å²) in [5.74, 6) is 0.0885. The molecule has 0 amide bonds. The molecule has 1 N–H and O–H groups in total. The lowest BCUT2D eigenvalue weighted by Crippen LogP contribution is -2.37. The largest absolute Gasteiger partial charge is 0.640 e. The van der Waals surface area contributed by atoms with Gasteiger partial charge in [0.15, 0.2) is 0 Å². The zero-order valence-electron chi connectivity index (χ0n) is 7.57. The van der Waals surface area contributed by atoms with Crippen LogP contribution in [0.25, 0.3) is 0 Å². The molecule has 0 aliphatic carbocycles. The second-order valence-electron chi connectivity index (χ2n) is 3.33. The van der Waals surface area contributed by atoms with Gasteiger partial charge in [-0.3, -0.25) is 0 Å². The van der Waals surface area contributed by atoms with Crippen LogP contribution in [0.2, 0.25) is 0 Å². The molecule has 3 unspecified atom stereocenters. The van der Waals surface area contributed by atoms with Crippen molar-refractivity contribution in [3.8, 4) is 0 Å². The van der Waals surface area contributed by atoms with Crippen LogP contribution in [0.4, 0.5) is 0 Å². The maximum Gasteiger partial charge on any atom is 0.640 e. The highest BCUT2D eigenvalue weighted by atomic mass is 31.0. The van der Waals surface area contributed by atoms with Crippen LogP contribution in [0.3, 0.4) is 0 Å². The second-order valence-corrected chi connectivity index (χ2v) is 3.99. The molecule has 0 bridgehead atoms. The lowest BCUT2D eigenvalue weighted by molar-refractivity contribution is 0.143. The summed E-state index contributed by atoms with van der Waals surface area (Å²) >= 11 is 0. The Hall–Kier alpha value is 0.335. The zero-order valence-corrected chi connectivity index (χ0v) is 8.72. The van der Waals surface area contributed by atoms with E-state index in [4.69, 9.17) is 14.0 Å². The van der Waals surface area contributed by atoms with Crippen molar-refractivity contribution in [1.29, 1.82) is 0 Å². The minimum Gasteiger partial charge on any atom is -0.384 e. The highest BCUT2D eigenvalue weighted by Crippen LogP contribution is 2.19. The van der Waals surface area contributed by atoms with Gasteiger partial charge in [-0.15, -0.1) is 9.24 Å². The average molecular weight is 203 g/mol.